The molecule has 0 spiro atoms. The molecule has 4 heteroatoms. The lowest BCUT2D eigenvalue weighted by molar-refractivity contribution is -0.0326. The monoisotopic (exact) mass is 261 g/mol. The number of nitrogens with zero attached hydrogens (tertiary/aromatic N) is 1. The molecule has 1 heterocycles. The Morgan fingerprint density at radius 2 is 2.11 bits per heavy atom. The van der Waals surface area contributed by atoms with Gasteiger partial charge in [0, 0.05) is 6.07 Å². The van der Waals surface area contributed by atoms with E-state index in [4.69, 9.17) is 19.5 Å². The van der Waals surface area contributed by atoms with Gasteiger partial charge in [-0.3, -0.25) is 0 Å². The molecule has 0 amide bonds. The summed E-state index contributed by atoms with van der Waals surface area (Å²) in [6, 6.07) is 7.26. The van der Waals surface area contributed by atoms with Crippen LogP contribution in [0.1, 0.15) is 32.3 Å². The van der Waals surface area contributed by atoms with Crippen LogP contribution in [0.15, 0.2) is 18.2 Å². The first kappa shape index (κ1) is 13.7. The number of ether oxygens (including phenoxy) is 3. The Morgan fingerprint density at radius 1 is 1.37 bits per heavy atom. The van der Waals surface area contributed by atoms with Crippen molar-refractivity contribution in [2.24, 2.45) is 0 Å². The van der Waals surface area contributed by atoms with E-state index in [-0.39, 0.29) is 11.7 Å². The number of benzene rings is 1. The molecule has 0 N–H and O–H groups in total. The highest BCUT2D eigenvalue weighted by atomic mass is 16.6. The third-order valence-corrected chi connectivity index (χ3v) is 3.23. The Kier molecular flexibility index (Phi) is 3.96. The van der Waals surface area contributed by atoms with Crippen molar-refractivity contribution >= 4 is 0 Å². The highest BCUT2D eigenvalue weighted by Crippen LogP contribution is 2.30. The van der Waals surface area contributed by atoms with E-state index < -0.39 is 0 Å². The van der Waals surface area contributed by atoms with Gasteiger partial charge >= 0.3 is 0 Å². The van der Waals surface area contributed by atoms with Crippen LogP contribution < -0.4 is 9.47 Å². The van der Waals surface area contributed by atoms with E-state index in [1.54, 1.807) is 25.3 Å². The fourth-order valence-electron chi connectivity index (χ4n) is 2.22. The summed E-state index contributed by atoms with van der Waals surface area (Å²) in [5.74, 6) is 1.27. The molecule has 1 aromatic rings. The molecule has 102 valence electrons. The molecule has 1 saturated heterocycles. The van der Waals surface area contributed by atoms with Crippen molar-refractivity contribution in [1.29, 1.82) is 5.26 Å². The number of rotatable bonds is 4. The molecule has 1 aromatic carbocycles. The molecular formula is C15H19NO3. The molecular weight excluding hydrogens is 242 g/mol. The molecule has 19 heavy (non-hydrogen) atoms. The molecule has 1 atom stereocenters. The second-order valence-electron chi connectivity index (χ2n) is 5.36. The summed E-state index contributed by atoms with van der Waals surface area (Å²) in [5.41, 5.74) is 0.474. The maximum absolute atomic E-state index is 8.94. The van der Waals surface area contributed by atoms with Crippen LogP contribution in [0.2, 0.25) is 0 Å². The molecule has 1 aliphatic rings. The zero-order chi connectivity index (χ0) is 13.9. The van der Waals surface area contributed by atoms with E-state index in [1.165, 1.54) is 0 Å². The van der Waals surface area contributed by atoms with Gasteiger partial charge in [0.2, 0.25) is 0 Å². The lowest BCUT2D eigenvalue weighted by Gasteiger charge is -2.19. The minimum absolute atomic E-state index is 0.0553. The summed E-state index contributed by atoms with van der Waals surface area (Å²) in [7, 11) is 1.57. The highest BCUT2D eigenvalue weighted by molar-refractivity contribution is 5.43. The van der Waals surface area contributed by atoms with Crippen LogP contribution in [0.25, 0.3) is 0 Å². The summed E-state index contributed by atoms with van der Waals surface area (Å²) >= 11 is 0. The van der Waals surface area contributed by atoms with Gasteiger partial charge in [-0.25, -0.2) is 0 Å². The summed E-state index contributed by atoms with van der Waals surface area (Å²) < 4.78 is 16.7. The van der Waals surface area contributed by atoms with Crippen LogP contribution >= 0.6 is 0 Å². The molecule has 0 bridgehead atoms. The molecule has 0 radical (unpaired) electrons. The van der Waals surface area contributed by atoms with Crippen molar-refractivity contribution in [3.63, 3.8) is 0 Å². The maximum atomic E-state index is 8.94. The van der Waals surface area contributed by atoms with E-state index in [0.717, 1.165) is 12.8 Å². The van der Waals surface area contributed by atoms with E-state index in [0.29, 0.717) is 23.7 Å². The highest BCUT2D eigenvalue weighted by Gasteiger charge is 2.31. The topological polar surface area (TPSA) is 51.5 Å². The van der Waals surface area contributed by atoms with E-state index in [1.807, 2.05) is 0 Å². The van der Waals surface area contributed by atoms with Gasteiger partial charge in [0.05, 0.1) is 30.4 Å². The minimum Gasteiger partial charge on any atom is -0.497 e. The van der Waals surface area contributed by atoms with Crippen LogP contribution in [-0.4, -0.2) is 25.4 Å². The first-order valence-electron chi connectivity index (χ1n) is 6.42. The second kappa shape index (κ2) is 5.50. The van der Waals surface area contributed by atoms with Crippen molar-refractivity contribution in [1.82, 2.24) is 0 Å². The number of hydrogen-bond acceptors (Lipinski definition) is 4. The van der Waals surface area contributed by atoms with Gasteiger partial charge in [-0.05, 0) is 38.8 Å². The molecule has 1 unspecified atom stereocenters. The second-order valence-corrected chi connectivity index (χ2v) is 5.36. The smallest absolute Gasteiger partial charge is 0.124 e. The average molecular weight is 261 g/mol. The maximum Gasteiger partial charge on any atom is 0.124 e. The van der Waals surface area contributed by atoms with Crippen LogP contribution in [-0.2, 0) is 4.74 Å². The predicted octanol–water partition coefficient (Wildman–Crippen LogP) is 2.90. The first-order chi connectivity index (χ1) is 9.02. The largest absolute Gasteiger partial charge is 0.497 e. The Morgan fingerprint density at radius 3 is 2.68 bits per heavy atom. The molecule has 1 fully saturated rings. The quantitative estimate of drug-likeness (QED) is 0.836. The summed E-state index contributed by atoms with van der Waals surface area (Å²) in [4.78, 5) is 0. The van der Waals surface area contributed by atoms with Crippen LogP contribution in [0.3, 0.4) is 0 Å². The van der Waals surface area contributed by atoms with Gasteiger partial charge in [-0.15, -0.1) is 0 Å². The van der Waals surface area contributed by atoms with E-state index >= 15 is 0 Å². The van der Waals surface area contributed by atoms with Crippen molar-refractivity contribution in [2.75, 3.05) is 13.7 Å². The number of nitriles is 1. The Bertz CT molecular complexity index is 491. The molecule has 0 saturated carbocycles. The van der Waals surface area contributed by atoms with Gasteiger partial charge in [-0.1, -0.05) is 0 Å². The third kappa shape index (κ3) is 3.62. The fourth-order valence-corrected chi connectivity index (χ4v) is 2.22. The summed E-state index contributed by atoms with van der Waals surface area (Å²) in [5, 5.41) is 8.94. The fraction of sp³-hybridized carbons (Fsp3) is 0.533. The molecule has 0 aliphatic carbocycles. The van der Waals surface area contributed by atoms with Gasteiger partial charge in [0.1, 0.15) is 18.1 Å². The molecule has 1 aliphatic heterocycles. The van der Waals surface area contributed by atoms with Crippen molar-refractivity contribution in [3.05, 3.63) is 23.8 Å². The molecule has 0 aromatic heterocycles. The third-order valence-electron chi connectivity index (χ3n) is 3.23. The number of hydrogen-bond donors (Lipinski definition) is 0. The predicted molar refractivity (Wildman–Crippen MR) is 71.4 cm³/mol. The SMILES string of the molecule is COc1cc(C#N)cc(OCC2CCC(C)(C)O2)c1. The molecule has 2 rings (SSSR count). The Labute approximate surface area is 113 Å². The van der Waals surface area contributed by atoms with Crippen LogP contribution in [0.5, 0.6) is 11.5 Å². The standard InChI is InChI=1S/C15H19NO3/c1-15(2)5-4-12(19-15)10-18-14-7-11(9-16)6-13(8-14)17-3/h6-8,12H,4-5,10H2,1-3H3. The van der Waals surface area contributed by atoms with Crippen molar-refractivity contribution in [2.45, 2.75) is 38.4 Å². The van der Waals surface area contributed by atoms with Crippen molar-refractivity contribution in [3.8, 4) is 17.6 Å². The lowest BCUT2D eigenvalue weighted by atomic mass is 10.1. The van der Waals surface area contributed by atoms with E-state index in [9.17, 15) is 0 Å². The first-order valence-corrected chi connectivity index (χ1v) is 6.42. The lowest BCUT2D eigenvalue weighted by Crippen LogP contribution is -2.23. The average Bonchev–Trinajstić information content (AvgIpc) is 2.75. The molecule has 4 nitrogen and oxygen atoms in total. The Hall–Kier alpha value is -1.73. The summed E-state index contributed by atoms with van der Waals surface area (Å²) in [6.45, 7) is 4.68. The zero-order valence-electron chi connectivity index (χ0n) is 11.6. The Balaban J connectivity index is 1.98. The zero-order valence-corrected chi connectivity index (χ0v) is 11.6. The minimum atomic E-state index is -0.0553. The van der Waals surface area contributed by atoms with Crippen molar-refractivity contribution < 1.29 is 14.2 Å². The van der Waals surface area contributed by atoms with E-state index in [2.05, 4.69) is 19.9 Å². The van der Waals surface area contributed by atoms with Gasteiger partial charge < -0.3 is 14.2 Å². The number of methoxy groups -OCH3 is 1. The van der Waals surface area contributed by atoms with Crippen LogP contribution in [0, 0.1) is 11.3 Å². The van der Waals surface area contributed by atoms with Gasteiger partial charge in [0.15, 0.2) is 0 Å². The van der Waals surface area contributed by atoms with Gasteiger partial charge in [-0.2, -0.15) is 5.26 Å². The normalized spacial score (nSPS) is 20.8. The van der Waals surface area contributed by atoms with Crippen LogP contribution in [0.4, 0.5) is 0 Å². The van der Waals surface area contributed by atoms with Gasteiger partial charge in [0.25, 0.3) is 0 Å². The summed E-state index contributed by atoms with van der Waals surface area (Å²) in [6.07, 6.45) is 2.16.